The molecule has 0 radical (unpaired) electrons. The minimum Gasteiger partial charge on any atom is -0.338 e. The Balaban J connectivity index is 1.63. The molecule has 6 nitrogen and oxygen atoms in total. The minimum absolute atomic E-state index is 0.0621. The van der Waals surface area contributed by atoms with Crippen molar-refractivity contribution in [2.75, 3.05) is 26.2 Å². The maximum Gasteiger partial charge on any atom is 0.401 e. The maximum absolute atomic E-state index is 12.3. The molecule has 2 atom stereocenters. The molecule has 0 spiro atoms. The fraction of sp³-hybridized carbons (Fsp3) is 0.714. The van der Waals surface area contributed by atoms with Gasteiger partial charge in [-0.3, -0.25) is 4.90 Å². The number of imidazole rings is 1. The molecule has 2 heterocycles. The fourth-order valence-electron chi connectivity index (χ4n) is 2.75. The predicted molar refractivity (Wildman–Crippen MR) is 78.8 cm³/mol. The summed E-state index contributed by atoms with van der Waals surface area (Å²) < 4.78 is 38.8. The van der Waals surface area contributed by atoms with Crippen LogP contribution in [0.15, 0.2) is 18.7 Å². The Kier molecular flexibility index (Phi) is 5.86. The van der Waals surface area contributed by atoms with Crippen LogP contribution in [0.5, 0.6) is 0 Å². The van der Waals surface area contributed by atoms with Crippen molar-refractivity contribution in [3.8, 4) is 0 Å². The molecule has 1 fully saturated rings. The Morgan fingerprint density at radius 1 is 1.48 bits per heavy atom. The molecule has 1 aliphatic heterocycles. The largest absolute Gasteiger partial charge is 0.401 e. The maximum atomic E-state index is 12.3. The molecule has 0 unspecified atom stereocenters. The predicted octanol–water partition coefficient (Wildman–Crippen LogP) is 1.45. The highest BCUT2D eigenvalue weighted by Crippen LogP contribution is 2.22. The van der Waals surface area contributed by atoms with Crippen LogP contribution in [0.4, 0.5) is 18.0 Å². The van der Waals surface area contributed by atoms with Gasteiger partial charge in [-0.1, -0.05) is 0 Å². The van der Waals surface area contributed by atoms with E-state index in [0.717, 1.165) is 0 Å². The van der Waals surface area contributed by atoms with Crippen molar-refractivity contribution in [2.24, 2.45) is 5.92 Å². The van der Waals surface area contributed by atoms with E-state index in [1.54, 1.807) is 12.5 Å². The molecule has 9 heteroatoms. The van der Waals surface area contributed by atoms with Crippen LogP contribution in [0.2, 0.25) is 0 Å². The standard InChI is InChI=1S/C14H22F3N5O/c1-11(7-22-5-3-18-10-22)20-13(23)19-6-12-2-4-21(8-12)9-14(15,16)17/h3,5,10-12H,2,4,6-9H2,1H3,(H2,19,20,23)/t11-,12-/m0/s1. The van der Waals surface area contributed by atoms with E-state index in [1.165, 1.54) is 4.90 Å². The molecule has 0 aromatic carbocycles. The molecule has 0 saturated carbocycles. The number of halogens is 3. The van der Waals surface area contributed by atoms with Crippen LogP contribution in [0.3, 0.4) is 0 Å². The van der Waals surface area contributed by atoms with Gasteiger partial charge in [0.2, 0.25) is 0 Å². The van der Waals surface area contributed by atoms with Gasteiger partial charge in [-0.2, -0.15) is 13.2 Å². The van der Waals surface area contributed by atoms with E-state index in [4.69, 9.17) is 0 Å². The molecule has 1 aromatic rings. The molecule has 23 heavy (non-hydrogen) atoms. The van der Waals surface area contributed by atoms with Crippen LogP contribution in [0.25, 0.3) is 0 Å². The average molecular weight is 333 g/mol. The molecular weight excluding hydrogens is 311 g/mol. The number of rotatable bonds is 6. The number of alkyl halides is 3. The normalized spacial score (nSPS) is 20.4. The zero-order valence-electron chi connectivity index (χ0n) is 13.0. The van der Waals surface area contributed by atoms with Crippen LogP contribution >= 0.6 is 0 Å². The summed E-state index contributed by atoms with van der Waals surface area (Å²) in [4.78, 5) is 17.1. The van der Waals surface area contributed by atoms with Gasteiger partial charge in [0.15, 0.2) is 0 Å². The Labute approximate surface area is 133 Å². The minimum atomic E-state index is -4.16. The van der Waals surface area contributed by atoms with Crippen LogP contribution in [-0.2, 0) is 6.54 Å². The van der Waals surface area contributed by atoms with Gasteiger partial charge in [-0.15, -0.1) is 0 Å². The Hall–Kier alpha value is -1.77. The van der Waals surface area contributed by atoms with Gasteiger partial charge in [-0.25, -0.2) is 9.78 Å². The van der Waals surface area contributed by atoms with Crippen molar-refractivity contribution in [2.45, 2.75) is 32.1 Å². The number of hydrogen-bond donors (Lipinski definition) is 2. The van der Waals surface area contributed by atoms with Crippen molar-refractivity contribution >= 4 is 6.03 Å². The van der Waals surface area contributed by atoms with E-state index in [9.17, 15) is 18.0 Å². The van der Waals surface area contributed by atoms with Crippen LogP contribution in [-0.4, -0.2) is 58.9 Å². The van der Waals surface area contributed by atoms with E-state index < -0.39 is 12.7 Å². The summed E-state index contributed by atoms with van der Waals surface area (Å²) in [6.45, 7) is 2.78. The van der Waals surface area contributed by atoms with E-state index >= 15 is 0 Å². The third-order valence-corrected chi connectivity index (χ3v) is 3.75. The summed E-state index contributed by atoms with van der Waals surface area (Å²) in [6.07, 6.45) is 1.65. The number of urea groups is 1. The zero-order valence-corrected chi connectivity index (χ0v) is 13.0. The summed E-state index contributed by atoms with van der Waals surface area (Å²) in [5.41, 5.74) is 0. The lowest BCUT2D eigenvalue weighted by atomic mass is 10.1. The number of amides is 2. The molecule has 1 saturated heterocycles. The number of hydrogen-bond acceptors (Lipinski definition) is 3. The molecule has 2 N–H and O–H groups in total. The number of nitrogens with one attached hydrogen (secondary N) is 2. The second-order valence-electron chi connectivity index (χ2n) is 6.02. The summed E-state index contributed by atoms with van der Waals surface area (Å²) in [5, 5.41) is 5.53. The third-order valence-electron chi connectivity index (χ3n) is 3.75. The van der Waals surface area contributed by atoms with Gasteiger partial charge < -0.3 is 15.2 Å². The lowest BCUT2D eigenvalue weighted by molar-refractivity contribution is -0.143. The molecule has 1 aromatic heterocycles. The highest BCUT2D eigenvalue weighted by Gasteiger charge is 2.34. The van der Waals surface area contributed by atoms with Crippen LogP contribution < -0.4 is 10.6 Å². The zero-order chi connectivity index (χ0) is 16.9. The summed E-state index contributed by atoms with van der Waals surface area (Å²) in [7, 11) is 0. The monoisotopic (exact) mass is 333 g/mol. The van der Waals surface area contributed by atoms with Crippen molar-refractivity contribution in [1.82, 2.24) is 25.1 Å². The van der Waals surface area contributed by atoms with E-state index in [2.05, 4.69) is 15.6 Å². The smallest absolute Gasteiger partial charge is 0.338 e. The van der Waals surface area contributed by atoms with Gasteiger partial charge in [0.25, 0.3) is 0 Å². The number of nitrogens with zero attached hydrogens (tertiary/aromatic N) is 3. The molecule has 0 bridgehead atoms. The van der Waals surface area contributed by atoms with Crippen molar-refractivity contribution < 1.29 is 18.0 Å². The summed E-state index contributed by atoms with van der Waals surface area (Å²) in [5.74, 6) is 0.0621. The third kappa shape index (κ3) is 6.47. The Bertz CT molecular complexity index is 491. The lowest BCUT2D eigenvalue weighted by Gasteiger charge is -2.19. The first kappa shape index (κ1) is 17.6. The van der Waals surface area contributed by atoms with Crippen molar-refractivity contribution in [3.05, 3.63) is 18.7 Å². The molecule has 2 rings (SSSR count). The second kappa shape index (κ2) is 7.67. The van der Waals surface area contributed by atoms with Gasteiger partial charge in [0, 0.05) is 38.1 Å². The van der Waals surface area contributed by atoms with Gasteiger partial charge in [0.1, 0.15) is 0 Å². The number of carbonyl (C=O) groups is 1. The van der Waals surface area contributed by atoms with Crippen LogP contribution in [0.1, 0.15) is 13.3 Å². The Morgan fingerprint density at radius 2 is 2.26 bits per heavy atom. The van der Waals surface area contributed by atoms with Gasteiger partial charge in [-0.05, 0) is 25.8 Å². The topological polar surface area (TPSA) is 62.2 Å². The molecule has 2 amide bonds. The SMILES string of the molecule is C[C@@H](Cn1ccnc1)NC(=O)NC[C@@H]1CCN(CC(F)(F)F)C1. The number of aromatic nitrogens is 2. The van der Waals surface area contributed by atoms with Gasteiger partial charge >= 0.3 is 12.2 Å². The quantitative estimate of drug-likeness (QED) is 0.828. The van der Waals surface area contributed by atoms with Crippen molar-refractivity contribution in [3.63, 3.8) is 0 Å². The molecule has 130 valence electrons. The Morgan fingerprint density at radius 3 is 2.91 bits per heavy atom. The highest BCUT2D eigenvalue weighted by atomic mass is 19.4. The van der Waals surface area contributed by atoms with Crippen molar-refractivity contribution in [1.29, 1.82) is 0 Å². The molecular formula is C14H22F3N5O. The fourth-order valence-corrected chi connectivity index (χ4v) is 2.75. The highest BCUT2D eigenvalue weighted by molar-refractivity contribution is 5.74. The summed E-state index contributed by atoms with van der Waals surface area (Å²) >= 11 is 0. The van der Waals surface area contributed by atoms with E-state index in [-0.39, 0.29) is 18.0 Å². The first-order chi connectivity index (χ1) is 10.8. The van der Waals surface area contributed by atoms with Gasteiger partial charge in [0.05, 0.1) is 12.9 Å². The number of likely N-dealkylation sites (tertiary alicyclic amines) is 1. The number of carbonyl (C=O) groups excluding carboxylic acids is 1. The first-order valence-corrected chi connectivity index (χ1v) is 7.61. The summed E-state index contributed by atoms with van der Waals surface area (Å²) in [6, 6.07) is -0.374. The van der Waals surface area contributed by atoms with E-state index in [1.807, 2.05) is 17.7 Å². The van der Waals surface area contributed by atoms with Crippen LogP contribution in [0, 0.1) is 5.92 Å². The molecule has 1 aliphatic rings. The molecule has 0 aliphatic carbocycles. The lowest BCUT2D eigenvalue weighted by Crippen LogP contribution is -2.44. The van der Waals surface area contributed by atoms with E-state index in [0.29, 0.717) is 32.6 Å². The second-order valence-corrected chi connectivity index (χ2v) is 6.02. The first-order valence-electron chi connectivity index (χ1n) is 7.61. The average Bonchev–Trinajstić information content (AvgIpc) is 3.06.